The third-order valence-electron chi connectivity index (χ3n) is 7.16. The minimum Gasteiger partial charge on any atom is -0.380 e. The van der Waals surface area contributed by atoms with Gasteiger partial charge in [0.15, 0.2) is 17.1 Å². The molecule has 14 heteroatoms. The summed E-state index contributed by atoms with van der Waals surface area (Å²) in [4.78, 5) is 21.3. The van der Waals surface area contributed by atoms with Gasteiger partial charge in [0.05, 0.1) is 35.2 Å². The predicted molar refractivity (Wildman–Crippen MR) is 144 cm³/mol. The van der Waals surface area contributed by atoms with Gasteiger partial charge in [0.1, 0.15) is 5.82 Å². The van der Waals surface area contributed by atoms with Crippen LogP contribution in [-0.2, 0) is 12.6 Å². The van der Waals surface area contributed by atoms with E-state index in [0.29, 0.717) is 57.3 Å². The zero-order chi connectivity index (χ0) is 28.5. The fourth-order valence-electron chi connectivity index (χ4n) is 5.24. The zero-order valence-corrected chi connectivity index (χ0v) is 21.6. The van der Waals surface area contributed by atoms with Gasteiger partial charge in [-0.25, -0.2) is 9.67 Å². The van der Waals surface area contributed by atoms with Gasteiger partial charge >= 0.3 is 6.18 Å². The minimum absolute atomic E-state index is 0.281. The van der Waals surface area contributed by atoms with Crippen molar-refractivity contribution in [2.45, 2.75) is 25.1 Å². The molecule has 0 radical (unpaired) electrons. The van der Waals surface area contributed by atoms with E-state index in [2.05, 4.69) is 25.4 Å². The molecule has 0 bridgehead atoms. The van der Waals surface area contributed by atoms with Crippen LogP contribution in [0.3, 0.4) is 0 Å². The Labute approximate surface area is 233 Å². The molecule has 7 rings (SSSR count). The molecule has 0 spiro atoms. The molecule has 1 aliphatic rings. The highest BCUT2D eigenvalue weighted by atomic mass is 35.5. The molecule has 0 aliphatic carbocycles. The third kappa shape index (κ3) is 4.25. The average Bonchev–Trinajstić information content (AvgIpc) is 3.74. The second-order valence-electron chi connectivity index (χ2n) is 9.67. The third-order valence-corrected chi connectivity index (χ3v) is 7.39. The quantitative estimate of drug-likeness (QED) is 0.285. The Hall–Kier alpha value is -4.91. The number of nitrogen functional groups attached to an aromatic ring is 1. The van der Waals surface area contributed by atoms with Crippen molar-refractivity contribution in [3.05, 3.63) is 93.5 Å². The zero-order valence-electron chi connectivity index (χ0n) is 20.9. The normalized spacial score (nSPS) is 15.1. The SMILES string of the molecule is Nc1noc2cc(-c3cnc([C@@H]4CCc5cc(-c6cc(Cl)ccc6-n6cc(C(F)(F)F)nn6)cc(=O)n54)[nH]3)ccc12. The van der Waals surface area contributed by atoms with Gasteiger partial charge in [-0.1, -0.05) is 28.0 Å². The monoisotopic (exact) mass is 578 g/mol. The molecular weight excluding hydrogens is 561 g/mol. The summed E-state index contributed by atoms with van der Waals surface area (Å²) in [5.74, 6) is 0.937. The maximum Gasteiger partial charge on any atom is 0.436 e. The van der Waals surface area contributed by atoms with Crippen molar-refractivity contribution in [1.82, 2.24) is 34.7 Å². The standard InChI is InChI=1S/C27H18ClF3N8O2/c28-15-2-5-20(38-12-23(35-37-38)27(29,30)31)18(10-15)14-7-16-3-6-21(39(16)24(40)9-14)26-33-11-19(34-26)13-1-4-17-22(8-13)41-36-25(17)32/h1-2,4-5,7-12,21H,3,6H2,(H2,32,36)(H,33,34)/t21-/m0/s1. The Morgan fingerprint density at radius 2 is 1.95 bits per heavy atom. The molecule has 4 aromatic heterocycles. The van der Waals surface area contributed by atoms with Crippen LogP contribution < -0.4 is 11.3 Å². The molecule has 6 aromatic rings. The molecule has 0 fully saturated rings. The fourth-order valence-corrected chi connectivity index (χ4v) is 5.41. The lowest BCUT2D eigenvalue weighted by Gasteiger charge is -2.15. The maximum absolute atomic E-state index is 13.5. The molecule has 3 N–H and O–H groups in total. The number of pyridine rings is 1. The second-order valence-corrected chi connectivity index (χ2v) is 10.1. The van der Waals surface area contributed by atoms with E-state index in [1.54, 1.807) is 16.8 Å². The Morgan fingerprint density at radius 3 is 2.76 bits per heavy atom. The van der Waals surface area contributed by atoms with E-state index in [9.17, 15) is 18.0 Å². The highest BCUT2D eigenvalue weighted by Crippen LogP contribution is 2.36. The van der Waals surface area contributed by atoms with Gasteiger partial charge in [0, 0.05) is 27.9 Å². The van der Waals surface area contributed by atoms with E-state index in [0.717, 1.165) is 27.8 Å². The van der Waals surface area contributed by atoms with E-state index in [4.69, 9.17) is 21.9 Å². The van der Waals surface area contributed by atoms with Crippen LogP contribution in [0.2, 0.25) is 5.02 Å². The number of rotatable bonds is 4. The number of nitrogens with two attached hydrogens (primary N) is 1. The Balaban J connectivity index is 1.24. The topological polar surface area (TPSA) is 133 Å². The van der Waals surface area contributed by atoms with Crippen LogP contribution in [0.5, 0.6) is 0 Å². The van der Waals surface area contributed by atoms with E-state index in [1.165, 1.54) is 18.2 Å². The average molecular weight is 579 g/mol. The lowest BCUT2D eigenvalue weighted by Crippen LogP contribution is -2.23. The summed E-state index contributed by atoms with van der Waals surface area (Å²) in [5, 5.41) is 11.7. The number of aromatic nitrogens is 7. The molecule has 1 atom stereocenters. The van der Waals surface area contributed by atoms with Crippen molar-refractivity contribution < 1.29 is 17.7 Å². The molecule has 1 aliphatic heterocycles. The van der Waals surface area contributed by atoms with Gasteiger partial charge < -0.3 is 19.8 Å². The Kier molecular flexibility index (Phi) is 5.54. The van der Waals surface area contributed by atoms with Crippen LogP contribution in [0.1, 0.15) is 29.7 Å². The summed E-state index contributed by atoms with van der Waals surface area (Å²) in [7, 11) is 0. The van der Waals surface area contributed by atoms with Gasteiger partial charge in [0.25, 0.3) is 5.56 Å². The number of fused-ring (bicyclic) bond motifs is 2. The fraction of sp³-hybridized carbons (Fsp3) is 0.148. The first-order valence-corrected chi connectivity index (χ1v) is 12.8. The molecule has 0 unspecified atom stereocenters. The number of aryl methyl sites for hydroxylation is 1. The maximum atomic E-state index is 13.5. The van der Waals surface area contributed by atoms with E-state index in [1.807, 2.05) is 24.3 Å². The number of hydrogen-bond acceptors (Lipinski definition) is 7. The van der Waals surface area contributed by atoms with Crippen LogP contribution in [0.25, 0.3) is 39.0 Å². The van der Waals surface area contributed by atoms with Gasteiger partial charge in [-0.05, 0) is 54.8 Å². The lowest BCUT2D eigenvalue weighted by molar-refractivity contribution is -0.141. The number of hydrogen-bond donors (Lipinski definition) is 2. The van der Waals surface area contributed by atoms with Crippen molar-refractivity contribution in [3.63, 3.8) is 0 Å². The smallest absolute Gasteiger partial charge is 0.380 e. The van der Waals surface area contributed by atoms with Crippen molar-refractivity contribution in [1.29, 1.82) is 0 Å². The number of aromatic amines is 1. The molecule has 206 valence electrons. The van der Waals surface area contributed by atoms with Crippen LogP contribution >= 0.6 is 11.6 Å². The number of halogens is 4. The predicted octanol–water partition coefficient (Wildman–Crippen LogP) is 5.42. The summed E-state index contributed by atoms with van der Waals surface area (Å²) in [5.41, 5.74) is 8.53. The first-order valence-electron chi connectivity index (χ1n) is 12.4. The molecule has 10 nitrogen and oxygen atoms in total. The van der Waals surface area contributed by atoms with Crippen molar-refractivity contribution >= 4 is 28.4 Å². The number of H-pyrrole nitrogens is 1. The van der Waals surface area contributed by atoms with E-state index in [-0.39, 0.29) is 11.6 Å². The van der Waals surface area contributed by atoms with Crippen LogP contribution in [0, 0.1) is 0 Å². The lowest BCUT2D eigenvalue weighted by atomic mass is 10.0. The highest BCUT2D eigenvalue weighted by molar-refractivity contribution is 6.31. The van der Waals surface area contributed by atoms with E-state index < -0.39 is 11.9 Å². The summed E-state index contributed by atoms with van der Waals surface area (Å²) >= 11 is 6.24. The van der Waals surface area contributed by atoms with Crippen LogP contribution in [-0.4, -0.2) is 34.7 Å². The molecule has 5 heterocycles. The molecule has 2 aromatic carbocycles. The number of anilines is 1. The van der Waals surface area contributed by atoms with Crippen molar-refractivity contribution in [3.8, 4) is 28.1 Å². The van der Waals surface area contributed by atoms with Gasteiger partial charge in [-0.3, -0.25) is 4.79 Å². The summed E-state index contributed by atoms with van der Waals surface area (Å²) < 4.78 is 47.4. The minimum atomic E-state index is -4.64. The number of nitrogens with zero attached hydrogens (tertiary/aromatic N) is 6. The molecule has 0 saturated carbocycles. The number of benzene rings is 2. The number of nitrogens with one attached hydrogen (secondary N) is 1. The van der Waals surface area contributed by atoms with Crippen molar-refractivity contribution in [2.75, 3.05) is 5.73 Å². The van der Waals surface area contributed by atoms with Gasteiger partial charge in [0.2, 0.25) is 0 Å². The largest absolute Gasteiger partial charge is 0.436 e. The molecule has 41 heavy (non-hydrogen) atoms. The van der Waals surface area contributed by atoms with Crippen LogP contribution in [0.15, 0.2) is 70.2 Å². The summed E-state index contributed by atoms with van der Waals surface area (Å²) in [6.07, 6.45) is -0.936. The molecule has 0 saturated heterocycles. The van der Waals surface area contributed by atoms with E-state index >= 15 is 0 Å². The molecular formula is C27H18ClF3N8O2. The second kappa shape index (κ2) is 9.06. The Morgan fingerprint density at radius 1 is 1.10 bits per heavy atom. The Bertz CT molecular complexity index is 2020. The van der Waals surface area contributed by atoms with Gasteiger partial charge in [-0.2, -0.15) is 13.2 Å². The number of alkyl halides is 3. The van der Waals surface area contributed by atoms with Crippen LogP contribution in [0.4, 0.5) is 19.0 Å². The summed E-state index contributed by atoms with van der Waals surface area (Å²) in [6.45, 7) is 0. The number of imidazole rings is 1. The van der Waals surface area contributed by atoms with Gasteiger partial charge in [-0.15, -0.1) is 5.10 Å². The first-order chi connectivity index (χ1) is 19.7. The highest BCUT2D eigenvalue weighted by Gasteiger charge is 2.35. The summed E-state index contributed by atoms with van der Waals surface area (Å²) in [6, 6.07) is 13.1. The first kappa shape index (κ1) is 25.1. The van der Waals surface area contributed by atoms with Crippen molar-refractivity contribution in [2.24, 2.45) is 0 Å². The molecule has 0 amide bonds.